The van der Waals surface area contributed by atoms with Crippen LogP contribution in [0.4, 0.5) is 0 Å². The van der Waals surface area contributed by atoms with Gasteiger partial charge < -0.3 is 11.1 Å². The minimum absolute atomic E-state index is 0.0118. The Kier molecular flexibility index (Phi) is 4.01. The van der Waals surface area contributed by atoms with E-state index >= 15 is 0 Å². The van der Waals surface area contributed by atoms with E-state index in [0.29, 0.717) is 12.1 Å². The fourth-order valence-electron chi connectivity index (χ4n) is 2.79. The van der Waals surface area contributed by atoms with Crippen LogP contribution in [0.25, 0.3) is 0 Å². The van der Waals surface area contributed by atoms with E-state index < -0.39 is 0 Å². The third kappa shape index (κ3) is 3.13. The number of H-pyrrole nitrogens is 1. The lowest BCUT2D eigenvalue weighted by Crippen LogP contribution is -2.38. The van der Waals surface area contributed by atoms with Crippen LogP contribution in [-0.2, 0) is 19.3 Å². The average Bonchev–Trinajstić information content (AvgIpc) is 2.96. The Labute approximate surface area is 123 Å². The van der Waals surface area contributed by atoms with Crippen molar-refractivity contribution >= 4 is 5.91 Å². The highest BCUT2D eigenvalue weighted by molar-refractivity contribution is 5.94. The molecule has 5 nitrogen and oxygen atoms in total. The zero-order valence-electron chi connectivity index (χ0n) is 11.9. The molecule has 1 amide bonds. The maximum atomic E-state index is 12.3. The van der Waals surface area contributed by atoms with Gasteiger partial charge in [0.15, 0.2) is 0 Å². The lowest BCUT2D eigenvalue weighted by molar-refractivity contribution is 0.0933. The Morgan fingerprint density at radius 1 is 1.38 bits per heavy atom. The molecular weight excluding hydrogens is 264 g/mol. The van der Waals surface area contributed by atoms with Crippen LogP contribution in [0, 0.1) is 0 Å². The maximum Gasteiger partial charge on any atom is 0.251 e. The lowest BCUT2D eigenvalue weighted by Gasteiger charge is -2.22. The summed E-state index contributed by atoms with van der Waals surface area (Å²) in [5, 5.41) is 10.2. The zero-order chi connectivity index (χ0) is 14.7. The second-order valence-electron chi connectivity index (χ2n) is 5.52. The smallest absolute Gasteiger partial charge is 0.251 e. The SMILES string of the molecule is NCCc1ccc(C(=O)N[C@H]2CCc3cn[nH]c3C2)cc1. The molecule has 3 rings (SSSR count). The molecule has 0 bridgehead atoms. The number of fused-ring (bicyclic) bond motifs is 1. The fraction of sp³-hybridized carbons (Fsp3) is 0.375. The molecule has 0 fully saturated rings. The van der Waals surface area contributed by atoms with E-state index in [0.717, 1.165) is 36.9 Å². The van der Waals surface area contributed by atoms with E-state index in [1.54, 1.807) is 0 Å². The zero-order valence-corrected chi connectivity index (χ0v) is 11.9. The normalized spacial score (nSPS) is 17.3. The van der Waals surface area contributed by atoms with Gasteiger partial charge in [0.1, 0.15) is 0 Å². The molecule has 1 heterocycles. The molecule has 1 aromatic carbocycles. The van der Waals surface area contributed by atoms with E-state index in [1.165, 1.54) is 5.56 Å². The van der Waals surface area contributed by atoms with Gasteiger partial charge in [-0.05, 0) is 49.1 Å². The van der Waals surface area contributed by atoms with Gasteiger partial charge in [-0.15, -0.1) is 0 Å². The summed E-state index contributed by atoms with van der Waals surface area (Å²) in [4.78, 5) is 12.3. The van der Waals surface area contributed by atoms with Gasteiger partial charge >= 0.3 is 0 Å². The molecule has 1 aliphatic rings. The number of aromatic nitrogens is 2. The van der Waals surface area contributed by atoms with E-state index in [4.69, 9.17) is 5.73 Å². The minimum Gasteiger partial charge on any atom is -0.349 e. The highest BCUT2D eigenvalue weighted by Gasteiger charge is 2.21. The Balaban J connectivity index is 1.61. The van der Waals surface area contributed by atoms with Crippen LogP contribution in [-0.4, -0.2) is 28.7 Å². The number of hydrogen-bond acceptors (Lipinski definition) is 3. The van der Waals surface area contributed by atoms with Crippen LogP contribution in [0.5, 0.6) is 0 Å². The van der Waals surface area contributed by atoms with Gasteiger partial charge in [-0.1, -0.05) is 12.1 Å². The van der Waals surface area contributed by atoms with Crippen molar-refractivity contribution in [1.29, 1.82) is 0 Å². The lowest BCUT2D eigenvalue weighted by atomic mass is 9.93. The van der Waals surface area contributed by atoms with Crippen LogP contribution in [0.2, 0.25) is 0 Å². The monoisotopic (exact) mass is 284 g/mol. The second kappa shape index (κ2) is 6.10. The molecule has 0 spiro atoms. The number of rotatable bonds is 4. The summed E-state index contributed by atoms with van der Waals surface area (Å²) < 4.78 is 0. The summed E-state index contributed by atoms with van der Waals surface area (Å²) in [5.74, 6) is -0.0118. The first-order valence-electron chi connectivity index (χ1n) is 7.37. The second-order valence-corrected chi connectivity index (χ2v) is 5.52. The summed E-state index contributed by atoms with van der Waals surface area (Å²) in [6, 6.07) is 7.84. The Bertz CT molecular complexity index is 617. The molecule has 110 valence electrons. The number of carbonyl (C=O) groups is 1. The topological polar surface area (TPSA) is 83.8 Å². The van der Waals surface area contributed by atoms with E-state index in [9.17, 15) is 4.79 Å². The van der Waals surface area contributed by atoms with Gasteiger partial charge in [0.2, 0.25) is 0 Å². The third-order valence-electron chi connectivity index (χ3n) is 4.00. The largest absolute Gasteiger partial charge is 0.349 e. The third-order valence-corrected chi connectivity index (χ3v) is 4.00. The molecule has 5 heteroatoms. The summed E-state index contributed by atoms with van der Waals surface area (Å²) in [5.41, 5.74) is 9.80. The Morgan fingerprint density at radius 3 is 2.95 bits per heavy atom. The number of nitrogens with one attached hydrogen (secondary N) is 2. The first-order chi connectivity index (χ1) is 10.3. The van der Waals surface area contributed by atoms with Crippen molar-refractivity contribution in [3.05, 3.63) is 52.8 Å². The van der Waals surface area contributed by atoms with E-state index in [2.05, 4.69) is 15.5 Å². The number of nitrogens with zero attached hydrogens (tertiary/aromatic N) is 1. The highest BCUT2D eigenvalue weighted by Crippen LogP contribution is 2.19. The number of aryl methyl sites for hydroxylation is 1. The van der Waals surface area contributed by atoms with Crippen molar-refractivity contribution in [2.45, 2.75) is 31.7 Å². The molecule has 0 saturated carbocycles. The van der Waals surface area contributed by atoms with Gasteiger partial charge in [-0.2, -0.15) is 5.10 Å². The van der Waals surface area contributed by atoms with Crippen molar-refractivity contribution < 1.29 is 4.79 Å². The number of hydrogen-bond donors (Lipinski definition) is 3. The molecule has 1 atom stereocenters. The number of amides is 1. The average molecular weight is 284 g/mol. The van der Waals surface area contributed by atoms with Gasteiger partial charge in [0.05, 0.1) is 6.20 Å². The Morgan fingerprint density at radius 2 is 2.19 bits per heavy atom. The summed E-state index contributed by atoms with van der Waals surface area (Å²) >= 11 is 0. The van der Waals surface area contributed by atoms with Gasteiger partial charge in [0, 0.05) is 23.7 Å². The molecule has 21 heavy (non-hydrogen) atoms. The van der Waals surface area contributed by atoms with Crippen molar-refractivity contribution in [2.75, 3.05) is 6.54 Å². The molecule has 0 saturated heterocycles. The Hall–Kier alpha value is -2.14. The molecule has 0 aliphatic heterocycles. The van der Waals surface area contributed by atoms with Crippen molar-refractivity contribution in [3.8, 4) is 0 Å². The number of carbonyl (C=O) groups excluding carboxylic acids is 1. The van der Waals surface area contributed by atoms with Crippen LogP contribution in [0.3, 0.4) is 0 Å². The molecule has 2 aromatic rings. The van der Waals surface area contributed by atoms with Crippen LogP contribution < -0.4 is 11.1 Å². The van der Waals surface area contributed by atoms with Gasteiger partial charge in [0.25, 0.3) is 5.91 Å². The fourth-order valence-corrected chi connectivity index (χ4v) is 2.79. The minimum atomic E-state index is -0.0118. The summed E-state index contributed by atoms with van der Waals surface area (Å²) in [7, 11) is 0. The van der Waals surface area contributed by atoms with Crippen molar-refractivity contribution in [3.63, 3.8) is 0 Å². The van der Waals surface area contributed by atoms with Crippen molar-refractivity contribution in [1.82, 2.24) is 15.5 Å². The quantitative estimate of drug-likeness (QED) is 0.788. The maximum absolute atomic E-state index is 12.3. The standard InChI is InChI=1S/C16H20N4O/c17-8-7-11-1-3-12(4-2-11)16(21)19-14-6-5-13-10-18-20-15(13)9-14/h1-4,10,14H,5-9,17H2,(H,18,20)(H,19,21)/t14-/m0/s1. The number of benzene rings is 1. The van der Waals surface area contributed by atoms with Crippen LogP contribution >= 0.6 is 0 Å². The predicted molar refractivity (Wildman–Crippen MR) is 81.1 cm³/mol. The van der Waals surface area contributed by atoms with E-state index in [1.807, 2.05) is 30.5 Å². The van der Waals surface area contributed by atoms with Crippen LogP contribution in [0.15, 0.2) is 30.5 Å². The molecular formula is C16H20N4O. The molecule has 1 aromatic heterocycles. The molecule has 1 aliphatic carbocycles. The van der Waals surface area contributed by atoms with Crippen LogP contribution in [0.1, 0.15) is 33.6 Å². The first kappa shape index (κ1) is 13.8. The number of nitrogens with two attached hydrogens (primary N) is 1. The van der Waals surface area contributed by atoms with Gasteiger partial charge in [-0.3, -0.25) is 9.89 Å². The number of aromatic amines is 1. The molecule has 0 radical (unpaired) electrons. The first-order valence-corrected chi connectivity index (χ1v) is 7.37. The highest BCUT2D eigenvalue weighted by atomic mass is 16.1. The predicted octanol–water partition coefficient (Wildman–Crippen LogP) is 1.20. The van der Waals surface area contributed by atoms with E-state index in [-0.39, 0.29) is 11.9 Å². The molecule has 0 unspecified atom stereocenters. The summed E-state index contributed by atoms with van der Waals surface area (Å²) in [6.45, 7) is 0.625. The molecule has 4 N–H and O–H groups in total. The van der Waals surface area contributed by atoms with Gasteiger partial charge in [-0.25, -0.2) is 0 Å². The van der Waals surface area contributed by atoms with Crippen molar-refractivity contribution in [2.24, 2.45) is 5.73 Å². The summed E-state index contributed by atoms with van der Waals surface area (Å²) in [6.07, 6.45) is 5.47.